The molecule has 0 aromatic carbocycles. The summed E-state index contributed by atoms with van der Waals surface area (Å²) in [5.41, 5.74) is -1.16. The fourth-order valence-corrected chi connectivity index (χ4v) is 4.00. The van der Waals surface area contributed by atoms with Crippen LogP contribution in [0.4, 0.5) is 0 Å². The summed E-state index contributed by atoms with van der Waals surface area (Å²) < 4.78 is 35.3. The van der Waals surface area contributed by atoms with Crippen molar-refractivity contribution in [1.82, 2.24) is 9.55 Å². The predicted molar refractivity (Wildman–Crippen MR) is 113 cm³/mol. The van der Waals surface area contributed by atoms with Gasteiger partial charge in [0, 0.05) is 18.9 Å². The first-order valence-corrected chi connectivity index (χ1v) is 11.6. The first kappa shape index (κ1) is 26.1. The van der Waals surface area contributed by atoms with E-state index in [1.807, 2.05) is 13.0 Å². The molecule has 1 aromatic rings. The van der Waals surface area contributed by atoms with E-state index in [0.29, 0.717) is 6.42 Å². The standard InChI is InChI=1S/C19H27N4O8P/c1-4-14-16(31-32(3)29-11-8-21-2)17(28-13-27-12-26-10-5-7-20)18(30-14)23-9-6-15(24)22-19(23)25/h6,9,14,16-18H,4-5,8,10-13H2,1,3H3,(H,22,24,25)/t14-,16?,17+,18-,32?/m1/s1. The maximum absolute atomic E-state index is 12.4. The second-order valence-electron chi connectivity index (χ2n) is 6.60. The molecular formula is C19H27N4O8P. The van der Waals surface area contributed by atoms with Gasteiger partial charge in [-0.2, -0.15) is 5.26 Å². The molecule has 1 aliphatic rings. The predicted octanol–water partition coefficient (Wildman–Crippen LogP) is 1.35. The van der Waals surface area contributed by atoms with Gasteiger partial charge in [-0.05, 0) is 6.42 Å². The van der Waals surface area contributed by atoms with E-state index < -0.39 is 44.2 Å². The molecule has 12 nitrogen and oxygen atoms in total. The Bertz CT molecular complexity index is 895. The molecule has 1 saturated heterocycles. The lowest BCUT2D eigenvalue weighted by Gasteiger charge is -2.26. The summed E-state index contributed by atoms with van der Waals surface area (Å²) in [6.45, 7) is 11.0. The lowest BCUT2D eigenvalue weighted by atomic mass is 10.1. The maximum Gasteiger partial charge on any atom is 0.330 e. The Morgan fingerprint density at radius 1 is 1.31 bits per heavy atom. The number of nitriles is 1. The number of ether oxygens (including phenoxy) is 4. The van der Waals surface area contributed by atoms with Crippen LogP contribution < -0.4 is 11.2 Å². The number of nitrogens with zero attached hydrogens (tertiary/aromatic N) is 3. The minimum absolute atomic E-state index is 0.0680. The van der Waals surface area contributed by atoms with Crippen molar-refractivity contribution in [2.45, 2.75) is 44.3 Å². The van der Waals surface area contributed by atoms with Crippen LogP contribution in [0.3, 0.4) is 0 Å². The van der Waals surface area contributed by atoms with Crippen LogP contribution in [0.15, 0.2) is 21.9 Å². The Balaban J connectivity index is 2.12. The number of aromatic amines is 1. The monoisotopic (exact) mass is 470 g/mol. The van der Waals surface area contributed by atoms with Gasteiger partial charge in [-0.15, -0.1) is 0 Å². The van der Waals surface area contributed by atoms with Crippen molar-refractivity contribution in [2.24, 2.45) is 0 Å². The molecule has 176 valence electrons. The second-order valence-corrected chi connectivity index (χ2v) is 7.95. The summed E-state index contributed by atoms with van der Waals surface area (Å²) in [4.78, 5) is 29.3. The minimum atomic E-state index is -1.34. The Morgan fingerprint density at radius 2 is 2.12 bits per heavy atom. The molecule has 13 heteroatoms. The van der Waals surface area contributed by atoms with Crippen LogP contribution in [0.2, 0.25) is 0 Å². The third-order valence-corrected chi connectivity index (χ3v) is 5.51. The van der Waals surface area contributed by atoms with Gasteiger partial charge in [0.2, 0.25) is 6.54 Å². The normalized spacial score (nSPS) is 23.5. The van der Waals surface area contributed by atoms with E-state index in [-0.39, 0.29) is 39.8 Å². The summed E-state index contributed by atoms with van der Waals surface area (Å²) in [7, 11) is -1.34. The summed E-state index contributed by atoms with van der Waals surface area (Å²) in [6, 6.07) is 3.18. The number of aromatic nitrogens is 2. The fourth-order valence-electron chi connectivity index (χ4n) is 3.01. The van der Waals surface area contributed by atoms with Crippen LogP contribution in [0, 0.1) is 17.9 Å². The highest BCUT2D eigenvalue weighted by molar-refractivity contribution is 7.46. The van der Waals surface area contributed by atoms with Crippen LogP contribution in [0.25, 0.3) is 4.85 Å². The van der Waals surface area contributed by atoms with Crippen molar-refractivity contribution in [3.63, 3.8) is 0 Å². The molecule has 0 amide bonds. The maximum atomic E-state index is 12.4. The first-order valence-electron chi connectivity index (χ1n) is 9.99. The van der Waals surface area contributed by atoms with Crippen molar-refractivity contribution in [3.8, 4) is 6.07 Å². The Kier molecular flexibility index (Phi) is 11.5. The topological polar surface area (TPSA) is 138 Å². The van der Waals surface area contributed by atoms with Gasteiger partial charge in [0.15, 0.2) is 14.6 Å². The van der Waals surface area contributed by atoms with Gasteiger partial charge in [0.25, 0.3) is 5.56 Å². The average molecular weight is 470 g/mol. The van der Waals surface area contributed by atoms with Crippen LogP contribution in [0.5, 0.6) is 0 Å². The van der Waals surface area contributed by atoms with E-state index in [1.54, 1.807) is 6.66 Å². The average Bonchev–Trinajstić information content (AvgIpc) is 3.10. The Labute approximate surface area is 186 Å². The molecule has 1 fully saturated rings. The summed E-state index contributed by atoms with van der Waals surface area (Å²) >= 11 is 0. The molecule has 0 bridgehead atoms. The van der Waals surface area contributed by atoms with Crippen molar-refractivity contribution < 1.29 is 28.0 Å². The summed E-state index contributed by atoms with van der Waals surface area (Å²) in [5.74, 6) is 0. The van der Waals surface area contributed by atoms with Gasteiger partial charge in [0.1, 0.15) is 32.4 Å². The highest BCUT2D eigenvalue weighted by Crippen LogP contribution is 2.43. The lowest BCUT2D eigenvalue weighted by molar-refractivity contribution is -0.173. The second kappa shape index (κ2) is 14.1. The molecule has 0 radical (unpaired) electrons. The minimum Gasteiger partial charge on any atom is -0.354 e. The van der Waals surface area contributed by atoms with Crippen molar-refractivity contribution in [1.29, 1.82) is 5.26 Å². The molecule has 1 aromatic heterocycles. The molecule has 0 aliphatic carbocycles. The molecule has 32 heavy (non-hydrogen) atoms. The van der Waals surface area contributed by atoms with Crippen molar-refractivity contribution in [3.05, 3.63) is 44.5 Å². The molecular weight excluding hydrogens is 443 g/mol. The lowest BCUT2D eigenvalue weighted by Crippen LogP contribution is -2.40. The summed E-state index contributed by atoms with van der Waals surface area (Å²) in [5, 5.41) is 8.51. The van der Waals surface area contributed by atoms with E-state index in [1.165, 1.54) is 16.8 Å². The zero-order valence-electron chi connectivity index (χ0n) is 18.0. The van der Waals surface area contributed by atoms with E-state index in [0.717, 1.165) is 0 Å². The number of hydrogen-bond acceptors (Lipinski definition) is 9. The van der Waals surface area contributed by atoms with Crippen molar-refractivity contribution in [2.75, 3.05) is 40.0 Å². The molecule has 5 atom stereocenters. The number of nitrogens with one attached hydrogen (secondary N) is 1. The Hall–Kier alpha value is -2.15. The molecule has 1 aliphatic heterocycles. The van der Waals surface area contributed by atoms with Gasteiger partial charge >= 0.3 is 5.69 Å². The largest absolute Gasteiger partial charge is 0.354 e. The number of H-pyrrole nitrogens is 1. The highest BCUT2D eigenvalue weighted by Gasteiger charge is 2.48. The van der Waals surface area contributed by atoms with Crippen LogP contribution in [-0.4, -0.2) is 67.9 Å². The van der Waals surface area contributed by atoms with Gasteiger partial charge < -0.3 is 32.8 Å². The Morgan fingerprint density at radius 3 is 2.81 bits per heavy atom. The highest BCUT2D eigenvalue weighted by atomic mass is 31.2. The SMILES string of the molecule is [C-]#[N+]CCOP(C)OC1[C@@H](CC)O[C@@H](n2ccc(=O)[nH]c2=O)[C@H]1OCOCOCCC#N. The fraction of sp³-hybridized carbons (Fsp3) is 0.684. The van der Waals surface area contributed by atoms with Crippen molar-refractivity contribution >= 4 is 8.38 Å². The van der Waals surface area contributed by atoms with Gasteiger partial charge in [0.05, 0.1) is 25.2 Å². The van der Waals surface area contributed by atoms with Gasteiger partial charge in [-0.25, -0.2) is 11.4 Å². The third-order valence-electron chi connectivity index (χ3n) is 4.43. The van der Waals surface area contributed by atoms with Crippen LogP contribution in [-0.2, 0) is 28.0 Å². The van der Waals surface area contributed by atoms with Gasteiger partial charge in [-0.3, -0.25) is 14.3 Å². The summed E-state index contributed by atoms with van der Waals surface area (Å²) in [6.07, 6.45) is -0.464. The zero-order chi connectivity index (χ0) is 23.3. The zero-order valence-corrected chi connectivity index (χ0v) is 18.9. The molecule has 1 N–H and O–H groups in total. The van der Waals surface area contributed by atoms with E-state index in [9.17, 15) is 9.59 Å². The van der Waals surface area contributed by atoms with Crippen LogP contribution >= 0.6 is 8.38 Å². The first-order chi connectivity index (χ1) is 15.5. The number of rotatable bonds is 14. The molecule has 0 saturated carbocycles. The van der Waals surface area contributed by atoms with Crippen LogP contribution in [0.1, 0.15) is 26.0 Å². The van der Waals surface area contributed by atoms with Gasteiger partial charge in [-0.1, -0.05) is 6.92 Å². The quantitative estimate of drug-likeness (QED) is 0.185. The van der Waals surface area contributed by atoms with E-state index in [4.69, 9.17) is 39.8 Å². The van der Waals surface area contributed by atoms with E-state index >= 15 is 0 Å². The molecule has 2 heterocycles. The third kappa shape index (κ3) is 7.76. The smallest absolute Gasteiger partial charge is 0.330 e. The van der Waals surface area contributed by atoms with E-state index in [2.05, 4.69) is 9.83 Å². The molecule has 2 rings (SSSR count). The molecule has 0 spiro atoms. The molecule has 2 unspecified atom stereocenters. The number of hydrogen-bond donors (Lipinski definition) is 1.